The number of rotatable bonds is 21. The summed E-state index contributed by atoms with van der Waals surface area (Å²) in [5.74, 6) is 0.287. The number of aliphatic hydroxyl groups excluding tert-OH is 1. The van der Waals surface area contributed by atoms with Crippen LogP contribution in [0.25, 0.3) is 0 Å². The Morgan fingerprint density at radius 1 is 0.761 bits per heavy atom. The molecule has 0 aliphatic carbocycles. The third kappa shape index (κ3) is 13.1. The number of carbonyl (C=O) groups excluding carboxylic acids is 3. The second-order valence-corrected chi connectivity index (χ2v) is 12.1. The molecule has 0 bridgehead atoms. The molecule has 0 saturated carbocycles. The van der Waals surface area contributed by atoms with E-state index in [1.54, 1.807) is 65.6 Å². The SMILES string of the molecule is CC(CCc1ccc(O)cc1)N(CC(O)c1ccc(O)cc1)C(=O)CCCCCCCCCCCNC(=O)c1ccc(C=O)cc1. The van der Waals surface area contributed by atoms with E-state index < -0.39 is 6.10 Å². The van der Waals surface area contributed by atoms with Crippen molar-refractivity contribution in [3.05, 3.63) is 95.1 Å². The van der Waals surface area contributed by atoms with Crippen molar-refractivity contribution >= 4 is 18.1 Å². The van der Waals surface area contributed by atoms with Gasteiger partial charge in [-0.15, -0.1) is 0 Å². The van der Waals surface area contributed by atoms with Crippen LogP contribution in [-0.2, 0) is 11.2 Å². The zero-order chi connectivity index (χ0) is 33.1. The molecule has 3 aromatic rings. The van der Waals surface area contributed by atoms with Crippen LogP contribution in [0.15, 0.2) is 72.8 Å². The molecule has 0 spiro atoms. The van der Waals surface area contributed by atoms with Crippen molar-refractivity contribution in [3.63, 3.8) is 0 Å². The van der Waals surface area contributed by atoms with Gasteiger partial charge >= 0.3 is 0 Å². The minimum absolute atomic E-state index is 0.0427. The van der Waals surface area contributed by atoms with Crippen molar-refractivity contribution in [3.8, 4) is 11.5 Å². The van der Waals surface area contributed by atoms with Gasteiger partial charge in [0.1, 0.15) is 17.8 Å². The number of hydrogen-bond donors (Lipinski definition) is 4. The molecular weight excluding hydrogens is 580 g/mol. The quantitative estimate of drug-likeness (QED) is 0.0733. The Labute approximate surface area is 273 Å². The summed E-state index contributed by atoms with van der Waals surface area (Å²) in [5.41, 5.74) is 2.86. The molecular formula is C38H50N2O6. The van der Waals surface area contributed by atoms with Gasteiger partial charge in [0.25, 0.3) is 5.91 Å². The molecule has 0 aromatic heterocycles. The first-order valence-electron chi connectivity index (χ1n) is 16.6. The number of hydrogen-bond acceptors (Lipinski definition) is 6. The van der Waals surface area contributed by atoms with Gasteiger partial charge < -0.3 is 25.5 Å². The maximum absolute atomic E-state index is 13.4. The van der Waals surface area contributed by atoms with Crippen molar-refractivity contribution in [2.75, 3.05) is 13.1 Å². The van der Waals surface area contributed by atoms with Gasteiger partial charge in [-0.3, -0.25) is 14.4 Å². The van der Waals surface area contributed by atoms with E-state index in [4.69, 9.17) is 0 Å². The predicted octanol–water partition coefficient (Wildman–Crippen LogP) is 7.12. The first kappa shape index (κ1) is 36.3. The molecule has 0 fully saturated rings. The molecule has 3 aromatic carbocycles. The van der Waals surface area contributed by atoms with Gasteiger partial charge in [-0.05, 0) is 80.1 Å². The second kappa shape index (κ2) is 20.1. The van der Waals surface area contributed by atoms with E-state index in [0.717, 1.165) is 82.5 Å². The lowest BCUT2D eigenvalue weighted by molar-refractivity contribution is -0.135. The van der Waals surface area contributed by atoms with Crippen molar-refractivity contribution in [2.45, 2.75) is 96.1 Å². The zero-order valence-corrected chi connectivity index (χ0v) is 27.1. The fourth-order valence-electron chi connectivity index (χ4n) is 5.51. The fourth-order valence-corrected chi connectivity index (χ4v) is 5.51. The van der Waals surface area contributed by atoms with Crippen LogP contribution in [0.1, 0.15) is 115 Å². The van der Waals surface area contributed by atoms with Crippen LogP contribution in [-0.4, -0.2) is 57.5 Å². The van der Waals surface area contributed by atoms with Crippen LogP contribution in [0.5, 0.6) is 11.5 Å². The van der Waals surface area contributed by atoms with Crippen LogP contribution in [0.3, 0.4) is 0 Å². The Hall–Kier alpha value is -4.17. The van der Waals surface area contributed by atoms with Crippen LogP contribution < -0.4 is 5.32 Å². The molecule has 0 saturated heterocycles. The maximum atomic E-state index is 13.4. The average Bonchev–Trinajstić information content (AvgIpc) is 3.07. The smallest absolute Gasteiger partial charge is 0.251 e. The Morgan fingerprint density at radius 2 is 1.30 bits per heavy atom. The molecule has 0 aliphatic rings. The number of aromatic hydroxyl groups is 2. The molecule has 0 heterocycles. The van der Waals surface area contributed by atoms with Gasteiger partial charge in [-0.2, -0.15) is 0 Å². The van der Waals surface area contributed by atoms with Crippen molar-refractivity contribution in [1.29, 1.82) is 0 Å². The average molecular weight is 631 g/mol. The molecule has 8 heteroatoms. The number of aldehydes is 1. The van der Waals surface area contributed by atoms with Crippen LogP contribution in [0.2, 0.25) is 0 Å². The Bertz CT molecular complexity index is 1320. The highest BCUT2D eigenvalue weighted by atomic mass is 16.3. The molecule has 8 nitrogen and oxygen atoms in total. The molecule has 248 valence electrons. The highest BCUT2D eigenvalue weighted by molar-refractivity contribution is 5.94. The number of phenols is 2. The first-order chi connectivity index (χ1) is 22.3. The second-order valence-electron chi connectivity index (χ2n) is 12.1. The maximum Gasteiger partial charge on any atom is 0.251 e. The summed E-state index contributed by atoms with van der Waals surface area (Å²) in [4.78, 5) is 38.1. The van der Waals surface area contributed by atoms with Gasteiger partial charge in [0.05, 0.1) is 12.6 Å². The number of amides is 2. The third-order valence-electron chi connectivity index (χ3n) is 8.45. The number of aliphatic hydroxyl groups is 1. The normalized spacial score (nSPS) is 12.3. The number of unbranched alkanes of at least 4 members (excludes halogenated alkanes) is 8. The largest absolute Gasteiger partial charge is 0.508 e. The lowest BCUT2D eigenvalue weighted by Gasteiger charge is -2.32. The summed E-state index contributed by atoms with van der Waals surface area (Å²) in [5, 5.41) is 33.0. The van der Waals surface area contributed by atoms with Crippen LogP contribution in [0, 0.1) is 0 Å². The summed E-state index contributed by atoms with van der Waals surface area (Å²) >= 11 is 0. The standard InChI is InChI=1S/C38H50N2O6/c1-29(12-13-30-16-22-34(42)23-17-30)40(27-36(44)32-20-24-35(43)25-21-32)37(45)11-9-7-5-3-2-4-6-8-10-26-39-38(46)33-18-14-31(28-41)15-19-33/h14-25,28-29,36,42-44H,2-13,26-27H2,1H3,(H,39,46). The van der Waals surface area contributed by atoms with Gasteiger partial charge in [-0.25, -0.2) is 0 Å². The molecule has 3 rings (SSSR count). The molecule has 2 atom stereocenters. The Balaban J connectivity index is 1.31. The minimum Gasteiger partial charge on any atom is -0.508 e. The lowest BCUT2D eigenvalue weighted by atomic mass is 10.0. The van der Waals surface area contributed by atoms with Gasteiger partial charge in [0, 0.05) is 30.1 Å². The first-order valence-corrected chi connectivity index (χ1v) is 16.6. The highest BCUT2D eigenvalue weighted by Gasteiger charge is 2.23. The third-order valence-corrected chi connectivity index (χ3v) is 8.45. The molecule has 4 N–H and O–H groups in total. The summed E-state index contributed by atoms with van der Waals surface area (Å²) in [7, 11) is 0. The van der Waals surface area contributed by atoms with Gasteiger partial charge in [0.15, 0.2) is 0 Å². The Morgan fingerprint density at radius 3 is 1.89 bits per heavy atom. The summed E-state index contributed by atoms with van der Waals surface area (Å²) in [6.45, 7) is 2.85. The molecule has 0 aliphatic heterocycles. The number of benzene rings is 3. The highest BCUT2D eigenvalue weighted by Crippen LogP contribution is 2.22. The van der Waals surface area contributed by atoms with Crippen LogP contribution in [0.4, 0.5) is 0 Å². The monoisotopic (exact) mass is 630 g/mol. The zero-order valence-electron chi connectivity index (χ0n) is 27.1. The molecule has 2 amide bonds. The van der Waals surface area contributed by atoms with E-state index in [-0.39, 0.29) is 35.9 Å². The van der Waals surface area contributed by atoms with E-state index >= 15 is 0 Å². The van der Waals surface area contributed by atoms with E-state index in [1.807, 2.05) is 19.1 Å². The molecule has 0 radical (unpaired) electrons. The van der Waals surface area contributed by atoms with Crippen molar-refractivity contribution < 1.29 is 29.7 Å². The van der Waals surface area contributed by atoms with Crippen molar-refractivity contribution in [1.82, 2.24) is 10.2 Å². The van der Waals surface area contributed by atoms with E-state index in [0.29, 0.717) is 29.7 Å². The summed E-state index contributed by atoms with van der Waals surface area (Å²) in [6.07, 6.45) is 11.3. The summed E-state index contributed by atoms with van der Waals surface area (Å²) < 4.78 is 0. The molecule has 46 heavy (non-hydrogen) atoms. The van der Waals surface area contributed by atoms with Crippen molar-refractivity contribution in [2.24, 2.45) is 0 Å². The van der Waals surface area contributed by atoms with Gasteiger partial charge in [0.2, 0.25) is 5.91 Å². The minimum atomic E-state index is -0.849. The fraction of sp³-hybridized carbons (Fsp3) is 0.447. The van der Waals surface area contributed by atoms with Crippen LogP contribution >= 0.6 is 0 Å². The molecule has 2 unspecified atom stereocenters. The van der Waals surface area contributed by atoms with E-state index in [9.17, 15) is 29.7 Å². The summed E-state index contributed by atoms with van der Waals surface area (Å²) in [6, 6.07) is 20.1. The number of nitrogens with zero attached hydrogens (tertiary/aromatic N) is 1. The van der Waals surface area contributed by atoms with Gasteiger partial charge in [-0.1, -0.05) is 81.3 Å². The number of phenolic OH excluding ortho intramolecular Hbond substituents is 2. The van der Waals surface area contributed by atoms with E-state index in [1.165, 1.54) is 0 Å². The Kier molecular flexibility index (Phi) is 15.8. The van der Waals surface area contributed by atoms with E-state index in [2.05, 4.69) is 5.32 Å². The lowest BCUT2D eigenvalue weighted by Crippen LogP contribution is -2.41. The topological polar surface area (TPSA) is 127 Å². The number of aryl methyl sites for hydroxylation is 1. The predicted molar refractivity (Wildman–Crippen MR) is 181 cm³/mol. The number of nitrogens with one attached hydrogen (secondary N) is 1. The number of carbonyl (C=O) groups is 3.